The SMILES string of the molecule is CC(=O)c1ccc(NC(=O)CSc2nnc(-c3ccccn3)n2-c2ccccc2C)cc1. The summed E-state index contributed by atoms with van der Waals surface area (Å²) in [5, 5.41) is 12.1. The smallest absolute Gasteiger partial charge is 0.234 e. The predicted octanol–water partition coefficient (Wildman–Crippen LogP) is 4.57. The molecule has 32 heavy (non-hydrogen) atoms. The van der Waals surface area contributed by atoms with Crippen molar-refractivity contribution < 1.29 is 9.59 Å². The molecule has 1 amide bonds. The summed E-state index contributed by atoms with van der Waals surface area (Å²) in [7, 11) is 0. The first-order valence-electron chi connectivity index (χ1n) is 9.99. The molecule has 0 unspecified atom stereocenters. The number of carbonyl (C=O) groups excluding carboxylic acids is 2. The number of rotatable bonds is 7. The molecule has 8 heteroatoms. The van der Waals surface area contributed by atoms with Crippen molar-refractivity contribution in [2.45, 2.75) is 19.0 Å². The number of aryl methyl sites for hydroxylation is 1. The molecule has 2 aromatic heterocycles. The van der Waals surface area contributed by atoms with Gasteiger partial charge in [-0.25, -0.2) is 0 Å². The van der Waals surface area contributed by atoms with E-state index in [1.165, 1.54) is 18.7 Å². The quantitative estimate of drug-likeness (QED) is 0.332. The summed E-state index contributed by atoms with van der Waals surface area (Å²) in [6.07, 6.45) is 1.71. The second-order valence-electron chi connectivity index (χ2n) is 7.11. The van der Waals surface area contributed by atoms with Gasteiger partial charge in [-0.1, -0.05) is 36.0 Å². The van der Waals surface area contributed by atoms with Gasteiger partial charge in [0, 0.05) is 17.4 Å². The number of thioether (sulfide) groups is 1. The van der Waals surface area contributed by atoms with Crippen LogP contribution in [-0.4, -0.2) is 37.2 Å². The molecule has 0 saturated heterocycles. The van der Waals surface area contributed by atoms with E-state index in [0.29, 0.717) is 27.9 Å². The highest BCUT2D eigenvalue weighted by molar-refractivity contribution is 7.99. The van der Waals surface area contributed by atoms with Crippen LogP contribution in [0.3, 0.4) is 0 Å². The molecule has 0 saturated carbocycles. The highest BCUT2D eigenvalue weighted by atomic mass is 32.2. The van der Waals surface area contributed by atoms with E-state index in [1.54, 1.807) is 30.5 Å². The summed E-state index contributed by atoms with van der Waals surface area (Å²) in [5.74, 6) is 0.574. The number of aromatic nitrogens is 4. The molecule has 2 heterocycles. The number of pyridine rings is 1. The first-order chi connectivity index (χ1) is 15.5. The van der Waals surface area contributed by atoms with Crippen LogP contribution in [0, 0.1) is 6.92 Å². The van der Waals surface area contributed by atoms with Crippen LogP contribution >= 0.6 is 11.8 Å². The predicted molar refractivity (Wildman–Crippen MR) is 125 cm³/mol. The van der Waals surface area contributed by atoms with E-state index >= 15 is 0 Å². The Morgan fingerprint density at radius 2 is 1.72 bits per heavy atom. The fourth-order valence-electron chi connectivity index (χ4n) is 3.17. The second-order valence-corrected chi connectivity index (χ2v) is 8.06. The number of hydrogen-bond acceptors (Lipinski definition) is 6. The number of amides is 1. The van der Waals surface area contributed by atoms with Gasteiger partial charge >= 0.3 is 0 Å². The zero-order valence-corrected chi connectivity index (χ0v) is 18.5. The molecule has 4 rings (SSSR count). The second kappa shape index (κ2) is 9.57. The zero-order chi connectivity index (χ0) is 22.5. The molecule has 0 fully saturated rings. The van der Waals surface area contributed by atoms with Crippen molar-refractivity contribution in [2.75, 3.05) is 11.1 Å². The van der Waals surface area contributed by atoms with Crippen molar-refractivity contribution in [3.63, 3.8) is 0 Å². The lowest BCUT2D eigenvalue weighted by atomic mass is 10.1. The number of ketones is 1. The molecule has 0 radical (unpaired) electrons. The van der Waals surface area contributed by atoms with Gasteiger partial charge in [0.1, 0.15) is 5.69 Å². The minimum atomic E-state index is -0.177. The Balaban J connectivity index is 1.56. The standard InChI is InChI=1S/C24H21N5O2S/c1-16-7-3-4-9-21(16)29-23(20-8-5-6-14-25-20)27-28-24(29)32-15-22(31)26-19-12-10-18(11-13-19)17(2)30/h3-14H,15H2,1-2H3,(H,26,31). The lowest BCUT2D eigenvalue weighted by Crippen LogP contribution is -2.14. The fraction of sp³-hybridized carbons (Fsp3) is 0.125. The minimum absolute atomic E-state index is 0.0160. The Morgan fingerprint density at radius 1 is 0.969 bits per heavy atom. The van der Waals surface area contributed by atoms with Crippen molar-refractivity contribution in [2.24, 2.45) is 0 Å². The molecule has 4 aromatic rings. The van der Waals surface area contributed by atoms with Crippen LogP contribution in [0.4, 0.5) is 5.69 Å². The molecule has 0 aliphatic heterocycles. The summed E-state index contributed by atoms with van der Waals surface area (Å²) >= 11 is 1.30. The fourth-order valence-corrected chi connectivity index (χ4v) is 3.92. The number of anilines is 1. The topological polar surface area (TPSA) is 89.8 Å². The summed E-state index contributed by atoms with van der Waals surface area (Å²) in [5.41, 5.74) is 3.92. The molecule has 1 N–H and O–H groups in total. The van der Waals surface area contributed by atoms with Gasteiger partial charge in [0.05, 0.1) is 11.4 Å². The van der Waals surface area contributed by atoms with Gasteiger partial charge in [-0.15, -0.1) is 10.2 Å². The van der Waals surface area contributed by atoms with Gasteiger partial charge < -0.3 is 5.32 Å². The van der Waals surface area contributed by atoms with E-state index in [0.717, 1.165) is 11.3 Å². The van der Waals surface area contributed by atoms with E-state index in [-0.39, 0.29) is 17.4 Å². The third-order valence-corrected chi connectivity index (χ3v) is 5.72. The molecular weight excluding hydrogens is 422 g/mol. The van der Waals surface area contributed by atoms with E-state index in [9.17, 15) is 9.59 Å². The summed E-state index contributed by atoms with van der Waals surface area (Å²) in [4.78, 5) is 28.3. The Hall–Kier alpha value is -3.78. The maximum absolute atomic E-state index is 12.5. The van der Waals surface area contributed by atoms with Crippen LogP contribution in [-0.2, 0) is 4.79 Å². The van der Waals surface area contributed by atoms with Gasteiger partial charge in [0.15, 0.2) is 16.8 Å². The van der Waals surface area contributed by atoms with E-state index < -0.39 is 0 Å². The highest BCUT2D eigenvalue weighted by Crippen LogP contribution is 2.28. The van der Waals surface area contributed by atoms with Gasteiger partial charge in [-0.05, 0) is 61.9 Å². The lowest BCUT2D eigenvalue weighted by molar-refractivity contribution is -0.113. The van der Waals surface area contributed by atoms with Crippen LogP contribution in [0.1, 0.15) is 22.8 Å². The van der Waals surface area contributed by atoms with Crippen LogP contribution < -0.4 is 5.32 Å². The summed E-state index contributed by atoms with van der Waals surface area (Å²) in [6, 6.07) is 20.4. The molecule has 0 aliphatic carbocycles. The molecule has 7 nitrogen and oxygen atoms in total. The van der Waals surface area contributed by atoms with Crippen LogP contribution in [0.15, 0.2) is 78.1 Å². The minimum Gasteiger partial charge on any atom is -0.325 e. The largest absolute Gasteiger partial charge is 0.325 e. The average molecular weight is 444 g/mol. The van der Waals surface area contributed by atoms with Crippen molar-refractivity contribution in [3.8, 4) is 17.2 Å². The third-order valence-electron chi connectivity index (χ3n) is 4.79. The molecule has 0 aliphatic rings. The summed E-state index contributed by atoms with van der Waals surface area (Å²) < 4.78 is 1.93. The average Bonchev–Trinajstić information content (AvgIpc) is 3.23. The molecule has 160 valence electrons. The zero-order valence-electron chi connectivity index (χ0n) is 17.6. The van der Waals surface area contributed by atoms with E-state index in [2.05, 4.69) is 20.5 Å². The number of hydrogen-bond donors (Lipinski definition) is 1. The number of para-hydroxylation sites is 1. The Labute approximate surface area is 189 Å². The first kappa shape index (κ1) is 21.5. The Kier molecular flexibility index (Phi) is 6.42. The van der Waals surface area contributed by atoms with E-state index in [1.807, 2.05) is 54.0 Å². The maximum Gasteiger partial charge on any atom is 0.234 e. The molecular formula is C24H21N5O2S. The van der Waals surface area contributed by atoms with Gasteiger partial charge in [0.2, 0.25) is 5.91 Å². The highest BCUT2D eigenvalue weighted by Gasteiger charge is 2.19. The molecule has 0 bridgehead atoms. The molecule has 0 spiro atoms. The number of nitrogens with zero attached hydrogens (tertiary/aromatic N) is 4. The number of carbonyl (C=O) groups is 2. The van der Waals surface area contributed by atoms with Crippen LogP contribution in [0.25, 0.3) is 17.2 Å². The molecule has 0 atom stereocenters. The summed E-state index contributed by atoms with van der Waals surface area (Å²) in [6.45, 7) is 3.53. The van der Waals surface area contributed by atoms with Crippen LogP contribution in [0.2, 0.25) is 0 Å². The lowest BCUT2D eigenvalue weighted by Gasteiger charge is -2.12. The van der Waals surface area contributed by atoms with Gasteiger partial charge in [-0.2, -0.15) is 0 Å². The number of nitrogens with one attached hydrogen (secondary N) is 1. The first-order valence-corrected chi connectivity index (χ1v) is 11.0. The normalized spacial score (nSPS) is 10.7. The third kappa shape index (κ3) is 4.76. The number of Topliss-reactive ketones (excluding diaryl/α,β-unsaturated/α-hetero) is 1. The van der Waals surface area contributed by atoms with Gasteiger partial charge in [0.25, 0.3) is 0 Å². The van der Waals surface area contributed by atoms with Crippen molar-refractivity contribution in [3.05, 3.63) is 84.1 Å². The van der Waals surface area contributed by atoms with Gasteiger partial charge in [-0.3, -0.25) is 19.1 Å². The van der Waals surface area contributed by atoms with Crippen molar-refractivity contribution >= 4 is 29.1 Å². The van der Waals surface area contributed by atoms with Crippen molar-refractivity contribution in [1.82, 2.24) is 19.7 Å². The maximum atomic E-state index is 12.5. The monoisotopic (exact) mass is 443 g/mol. The Bertz CT molecular complexity index is 1250. The number of benzene rings is 2. The molecule has 2 aromatic carbocycles. The van der Waals surface area contributed by atoms with E-state index in [4.69, 9.17) is 0 Å². The van der Waals surface area contributed by atoms with Crippen LogP contribution in [0.5, 0.6) is 0 Å². The van der Waals surface area contributed by atoms with Crippen molar-refractivity contribution in [1.29, 1.82) is 0 Å². The Morgan fingerprint density at radius 3 is 2.41 bits per heavy atom.